The van der Waals surface area contributed by atoms with E-state index in [0.29, 0.717) is 11.4 Å². The van der Waals surface area contributed by atoms with Crippen LogP contribution in [-0.2, 0) is 4.74 Å². The second-order valence-electron chi connectivity index (χ2n) is 6.94. The fourth-order valence-electron chi connectivity index (χ4n) is 3.70. The lowest BCUT2D eigenvalue weighted by Crippen LogP contribution is -2.26. The van der Waals surface area contributed by atoms with Crippen molar-refractivity contribution in [2.24, 2.45) is 0 Å². The standard InChI is InChI=1S/C25H22N2O3/c1-29-24-15-17(12-13-23(24)26)7-6-14-27-25(28)30-16-22-20-10-4-2-8-18(20)19-9-3-5-11-21(19)22/h2-5,8-13,15,22H,14,16,26H2,1H3,(H,27,28). The summed E-state index contributed by atoms with van der Waals surface area (Å²) in [5.41, 5.74) is 11.9. The van der Waals surface area contributed by atoms with Gasteiger partial charge in [0.05, 0.1) is 19.3 Å². The van der Waals surface area contributed by atoms with E-state index in [1.807, 2.05) is 24.3 Å². The van der Waals surface area contributed by atoms with Gasteiger partial charge in [0.25, 0.3) is 0 Å². The number of ether oxygens (including phenoxy) is 2. The predicted octanol–water partition coefficient (Wildman–Crippen LogP) is 4.17. The molecule has 30 heavy (non-hydrogen) atoms. The summed E-state index contributed by atoms with van der Waals surface area (Å²) < 4.78 is 10.7. The average Bonchev–Trinajstić information content (AvgIpc) is 3.10. The number of methoxy groups -OCH3 is 1. The smallest absolute Gasteiger partial charge is 0.407 e. The Hall–Kier alpha value is -3.91. The number of fused-ring (bicyclic) bond motifs is 3. The summed E-state index contributed by atoms with van der Waals surface area (Å²) in [7, 11) is 1.56. The van der Waals surface area contributed by atoms with Crippen LogP contribution in [0.3, 0.4) is 0 Å². The highest BCUT2D eigenvalue weighted by Crippen LogP contribution is 2.44. The minimum atomic E-state index is -0.485. The Morgan fingerprint density at radius 3 is 2.37 bits per heavy atom. The van der Waals surface area contributed by atoms with Gasteiger partial charge in [0.15, 0.2) is 0 Å². The average molecular weight is 398 g/mol. The molecular formula is C25H22N2O3. The molecule has 0 bridgehead atoms. The number of carbonyl (C=O) groups is 1. The summed E-state index contributed by atoms with van der Waals surface area (Å²) in [6, 6.07) is 21.8. The van der Waals surface area contributed by atoms with Crippen molar-refractivity contribution >= 4 is 11.8 Å². The maximum Gasteiger partial charge on any atom is 0.407 e. The molecule has 0 atom stereocenters. The third-order valence-corrected chi connectivity index (χ3v) is 5.13. The van der Waals surface area contributed by atoms with Crippen LogP contribution < -0.4 is 15.8 Å². The van der Waals surface area contributed by atoms with Crippen LogP contribution in [0, 0.1) is 11.8 Å². The van der Waals surface area contributed by atoms with Gasteiger partial charge < -0.3 is 20.5 Å². The third-order valence-electron chi connectivity index (χ3n) is 5.13. The molecule has 150 valence electrons. The summed E-state index contributed by atoms with van der Waals surface area (Å²) in [4.78, 5) is 12.1. The van der Waals surface area contributed by atoms with Crippen molar-refractivity contribution in [1.29, 1.82) is 0 Å². The minimum absolute atomic E-state index is 0.0384. The van der Waals surface area contributed by atoms with E-state index in [1.165, 1.54) is 22.3 Å². The molecule has 0 fully saturated rings. The van der Waals surface area contributed by atoms with Crippen LogP contribution >= 0.6 is 0 Å². The zero-order valence-electron chi connectivity index (χ0n) is 16.6. The number of nitrogens with one attached hydrogen (secondary N) is 1. The van der Waals surface area contributed by atoms with E-state index in [1.54, 1.807) is 25.3 Å². The summed E-state index contributed by atoms with van der Waals surface area (Å²) in [5.74, 6) is 6.49. The number of hydrogen-bond donors (Lipinski definition) is 2. The van der Waals surface area contributed by atoms with Crippen LogP contribution in [0.1, 0.15) is 22.6 Å². The third kappa shape index (κ3) is 3.94. The van der Waals surface area contributed by atoms with Gasteiger partial charge in [-0.25, -0.2) is 4.79 Å². The Balaban J connectivity index is 1.34. The molecule has 5 heteroatoms. The van der Waals surface area contributed by atoms with Crippen LogP contribution in [0.25, 0.3) is 11.1 Å². The van der Waals surface area contributed by atoms with Gasteiger partial charge in [-0.05, 0) is 40.5 Å². The molecule has 0 aromatic heterocycles. The minimum Gasteiger partial charge on any atom is -0.495 e. The lowest BCUT2D eigenvalue weighted by molar-refractivity contribution is 0.144. The largest absolute Gasteiger partial charge is 0.495 e. The van der Waals surface area contributed by atoms with E-state index in [0.717, 1.165) is 5.56 Å². The highest BCUT2D eigenvalue weighted by atomic mass is 16.5. The van der Waals surface area contributed by atoms with Gasteiger partial charge in [0.1, 0.15) is 12.4 Å². The topological polar surface area (TPSA) is 73.6 Å². The van der Waals surface area contributed by atoms with Crippen LogP contribution in [0.2, 0.25) is 0 Å². The number of amides is 1. The molecule has 0 heterocycles. The molecule has 1 amide bonds. The lowest BCUT2D eigenvalue weighted by atomic mass is 9.98. The molecule has 4 rings (SSSR count). The Morgan fingerprint density at radius 1 is 1.03 bits per heavy atom. The summed E-state index contributed by atoms with van der Waals surface area (Å²) in [6.07, 6.45) is -0.485. The highest BCUT2D eigenvalue weighted by Gasteiger charge is 2.28. The fourth-order valence-corrected chi connectivity index (χ4v) is 3.70. The first-order valence-corrected chi connectivity index (χ1v) is 9.68. The number of anilines is 1. The summed E-state index contributed by atoms with van der Waals surface area (Å²) in [6.45, 7) is 0.464. The maximum absolute atomic E-state index is 12.1. The van der Waals surface area contributed by atoms with Crippen LogP contribution in [0.4, 0.5) is 10.5 Å². The van der Waals surface area contributed by atoms with Crippen molar-refractivity contribution in [3.8, 4) is 28.7 Å². The highest BCUT2D eigenvalue weighted by molar-refractivity contribution is 5.79. The Bertz CT molecular complexity index is 1100. The van der Waals surface area contributed by atoms with Gasteiger partial charge in [-0.3, -0.25) is 0 Å². The second-order valence-corrected chi connectivity index (χ2v) is 6.94. The summed E-state index contributed by atoms with van der Waals surface area (Å²) >= 11 is 0. The van der Waals surface area contributed by atoms with Crippen molar-refractivity contribution < 1.29 is 14.3 Å². The number of alkyl carbamates (subject to hydrolysis) is 1. The summed E-state index contributed by atoms with van der Waals surface area (Å²) in [5, 5.41) is 2.67. The first kappa shape index (κ1) is 19.4. The molecule has 1 aliphatic carbocycles. The van der Waals surface area contributed by atoms with Crippen molar-refractivity contribution in [2.75, 3.05) is 26.0 Å². The molecule has 0 aliphatic heterocycles. The van der Waals surface area contributed by atoms with E-state index < -0.39 is 6.09 Å². The number of nitrogen functional groups attached to an aromatic ring is 1. The quantitative estimate of drug-likeness (QED) is 0.511. The molecule has 0 radical (unpaired) electrons. The molecule has 3 aromatic rings. The monoisotopic (exact) mass is 398 g/mol. The molecule has 0 unspecified atom stereocenters. The maximum atomic E-state index is 12.1. The molecule has 3 N–H and O–H groups in total. The molecule has 0 saturated carbocycles. The van der Waals surface area contributed by atoms with Gasteiger partial charge in [-0.1, -0.05) is 60.4 Å². The lowest BCUT2D eigenvalue weighted by Gasteiger charge is -2.14. The number of carbonyl (C=O) groups excluding carboxylic acids is 1. The van der Waals surface area contributed by atoms with E-state index in [2.05, 4.69) is 41.4 Å². The van der Waals surface area contributed by atoms with Gasteiger partial charge in [0, 0.05) is 11.5 Å². The number of rotatable bonds is 4. The molecule has 3 aromatic carbocycles. The van der Waals surface area contributed by atoms with Crippen LogP contribution in [-0.4, -0.2) is 26.4 Å². The molecular weight excluding hydrogens is 376 g/mol. The van der Waals surface area contributed by atoms with Gasteiger partial charge in [-0.2, -0.15) is 0 Å². The van der Waals surface area contributed by atoms with Gasteiger partial charge >= 0.3 is 6.09 Å². The number of nitrogens with two attached hydrogens (primary N) is 1. The van der Waals surface area contributed by atoms with Crippen molar-refractivity contribution in [3.63, 3.8) is 0 Å². The zero-order chi connectivity index (χ0) is 20.9. The fraction of sp³-hybridized carbons (Fsp3) is 0.160. The number of benzene rings is 3. The Kier molecular flexibility index (Phi) is 5.58. The Labute approximate surface area is 175 Å². The number of hydrogen-bond acceptors (Lipinski definition) is 4. The van der Waals surface area contributed by atoms with E-state index in [4.69, 9.17) is 15.2 Å². The van der Waals surface area contributed by atoms with Crippen LogP contribution in [0.15, 0.2) is 66.7 Å². The molecule has 5 nitrogen and oxygen atoms in total. The SMILES string of the molecule is COc1cc(C#CCNC(=O)OCC2c3ccccc3-c3ccccc32)ccc1N. The molecule has 0 spiro atoms. The van der Waals surface area contributed by atoms with Crippen molar-refractivity contribution in [3.05, 3.63) is 83.4 Å². The van der Waals surface area contributed by atoms with E-state index in [9.17, 15) is 4.79 Å². The predicted molar refractivity (Wildman–Crippen MR) is 117 cm³/mol. The van der Waals surface area contributed by atoms with E-state index in [-0.39, 0.29) is 19.1 Å². The molecule has 1 aliphatic rings. The van der Waals surface area contributed by atoms with Crippen molar-refractivity contribution in [1.82, 2.24) is 5.32 Å². The first-order chi connectivity index (χ1) is 14.7. The van der Waals surface area contributed by atoms with Gasteiger partial charge in [0.2, 0.25) is 0 Å². The normalized spacial score (nSPS) is 11.6. The van der Waals surface area contributed by atoms with Crippen LogP contribution in [0.5, 0.6) is 5.75 Å². The van der Waals surface area contributed by atoms with E-state index >= 15 is 0 Å². The van der Waals surface area contributed by atoms with Crippen molar-refractivity contribution in [2.45, 2.75) is 5.92 Å². The second kappa shape index (κ2) is 8.62. The Morgan fingerprint density at radius 2 is 1.70 bits per heavy atom. The van der Waals surface area contributed by atoms with Gasteiger partial charge in [-0.15, -0.1) is 0 Å². The zero-order valence-corrected chi connectivity index (χ0v) is 16.6. The molecule has 0 saturated heterocycles. The first-order valence-electron chi connectivity index (χ1n) is 9.68.